The van der Waals surface area contributed by atoms with E-state index < -0.39 is 11.6 Å². The molecule has 0 atom stereocenters. The minimum Gasteiger partial charge on any atom is -0.459 e. The second-order valence-electron chi connectivity index (χ2n) is 7.37. The van der Waals surface area contributed by atoms with Gasteiger partial charge in [-0.2, -0.15) is 0 Å². The fourth-order valence-electron chi connectivity index (χ4n) is 3.81. The first-order valence-corrected chi connectivity index (χ1v) is 9.66. The number of carbonyl (C=O) groups excluding carboxylic acids is 1. The Morgan fingerprint density at radius 2 is 1.69 bits per heavy atom. The average molecular weight is 360 g/mol. The summed E-state index contributed by atoms with van der Waals surface area (Å²) in [6, 6.07) is 7.05. The Kier molecular flexibility index (Phi) is 6.23. The summed E-state index contributed by atoms with van der Waals surface area (Å²) in [5.74, 6) is -1.42. The van der Waals surface area contributed by atoms with Crippen LogP contribution in [0.5, 0.6) is 0 Å². The van der Waals surface area contributed by atoms with E-state index in [1.165, 1.54) is 25.7 Å². The highest BCUT2D eigenvalue weighted by Crippen LogP contribution is 2.30. The highest BCUT2D eigenvalue weighted by molar-refractivity contribution is 5.95. The molecule has 0 saturated heterocycles. The fraction of sp³-hybridized carbons (Fsp3) is 0.500. The van der Waals surface area contributed by atoms with E-state index in [0.29, 0.717) is 16.3 Å². The topological polar surface area (TPSA) is 26.3 Å². The Balaban J connectivity index is 1.57. The molecule has 1 fully saturated rings. The lowest BCUT2D eigenvalue weighted by atomic mass is 9.84. The van der Waals surface area contributed by atoms with Gasteiger partial charge in [0.1, 0.15) is 6.10 Å². The first kappa shape index (κ1) is 18.8. The van der Waals surface area contributed by atoms with Gasteiger partial charge in [0.2, 0.25) is 0 Å². The number of benzene rings is 2. The predicted octanol–water partition coefficient (Wildman–Crippen LogP) is 6.41. The van der Waals surface area contributed by atoms with E-state index >= 15 is 0 Å². The Hall–Kier alpha value is -1.97. The van der Waals surface area contributed by atoms with Crippen molar-refractivity contribution in [3.8, 4) is 0 Å². The lowest BCUT2D eigenvalue weighted by molar-refractivity contribution is 0.0161. The average Bonchev–Trinajstić information content (AvgIpc) is 2.64. The summed E-state index contributed by atoms with van der Waals surface area (Å²) < 4.78 is 32.3. The van der Waals surface area contributed by atoms with Crippen LogP contribution in [0.2, 0.25) is 0 Å². The number of hydrogen-bond acceptors (Lipinski definition) is 2. The van der Waals surface area contributed by atoms with E-state index in [4.69, 9.17) is 4.74 Å². The molecule has 3 rings (SSSR count). The van der Waals surface area contributed by atoms with Gasteiger partial charge in [-0.3, -0.25) is 0 Å². The van der Waals surface area contributed by atoms with Crippen LogP contribution in [0.1, 0.15) is 68.6 Å². The van der Waals surface area contributed by atoms with E-state index in [1.807, 2.05) is 0 Å². The van der Waals surface area contributed by atoms with Crippen molar-refractivity contribution in [3.05, 3.63) is 47.5 Å². The number of halogens is 2. The van der Waals surface area contributed by atoms with Crippen LogP contribution < -0.4 is 0 Å². The molecule has 0 aliphatic heterocycles. The van der Waals surface area contributed by atoms with Gasteiger partial charge >= 0.3 is 5.97 Å². The van der Waals surface area contributed by atoms with Gasteiger partial charge in [-0.05, 0) is 66.6 Å². The van der Waals surface area contributed by atoms with Crippen LogP contribution in [0.25, 0.3) is 10.8 Å². The van der Waals surface area contributed by atoms with E-state index in [1.54, 1.807) is 18.2 Å². The number of rotatable bonds is 6. The zero-order chi connectivity index (χ0) is 18.5. The van der Waals surface area contributed by atoms with E-state index in [2.05, 4.69) is 6.92 Å². The maximum absolute atomic E-state index is 13.4. The van der Waals surface area contributed by atoms with Crippen LogP contribution in [0.4, 0.5) is 8.78 Å². The van der Waals surface area contributed by atoms with Crippen molar-refractivity contribution in [2.75, 3.05) is 0 Å². The van der Waals surface area contributed by atoms with Gasteiger partial charge in [0.05, 0.1) is 5.56 Å². The van der Waals surface area contributed by atoms with Crippen LogP contribution in [-0.4, -0.2) is 12.1 Å². The molecule has 2 aromatic rings. The molecule has 1 aliphatic carbocycles. The van der Waals surface area contributed by atoms with Crippen LogP contribution in [0.3, 0.4) is 0 Å². The molecule has 0 aromatic heterocycles. The van der Waals surface area contributed by atoms with Crippen molar-refractivity contribution >= 4 is 16.7 Å². The molecule has 2 nitrogen and oxygen atoms in total. The van der Waals surface area contributed by atoms with Crippen molar-refractivity contribution in [2.45, 2.75) is 64.4 Å². The van der Waals surface area contributed by atoms with Crippen molar-refractivity contribution in [3.63, 3.8) is 0 Å². The molecule has 2 aromatic carbocycles. The molecule has 0 N–H and O–H groups in total. The molecular weight excluding hydrogens is 334 g/mol. The Labute approximate surface area is 153 Å². The predicted molar refractivity (Wildman–Crippen MR) is 99.2 cm³/mol. The molecule has 0 bridgehead atoms. The third-order valence-corrected chi connectivity index (χ3v) is 5.40. The monoisotopic (exact) mass is 360 g/mol. The quantitative estimate of drug-likeness (QED) is 0.439. The van der Waals surface area contributed by atoms with Gasteiger partial charge < -0.3 is 4.74 Å². The van der Waals surface area contributed by atoms with Crippen LogP contribution in [0.15, 0.2) is 30.3 Å². The largest absolute Gasteiger partial charge is 0.459 e. The molecule has 0 unspecified atom stereocenters. The molecule has 0 spiro atoms. The number of hydrogen-bond donors (Lipinski definition) is 0. The smallest absolute Gasteiger partial charge is 0.338 e. The van der Waals surface area contributed by atoms with Crippen LogP contribution >= 0.6 is 0 Å². The molecule has 1 saturated carbocycles. The number of esters is 1. The number of carbonyl (C=O) groups is 1. The van der Waals surface area contributed by atoms with Crippen molar-refractivity contribution in [1.82, 2.24) is 0 Å². The summed E-state index contributed by atoms with van der Waals surface area (Å²) in [7, 11) is 0. The highest BCUT2D eigenvalue weighted by atomic mass is 19.2. The summed E-state index contributed by atoms with van der Waals surface area (Å²) in [4.78, 5) is 12.4. The fourth-order valence-corrected chi connectivity index (χ4v) is 3.81. The Morgan fingerprint density at radius 3 is 2.38 bits per heavy atom. The maximum atomic E-state index is 13.4. The zero-order valence-corrected chi connectivity index (χ0v) is 15.3. The molecule has 0 radical (unpaired) electrons. The Bertz CT molecular complexity index is 764. The maximum Gasteiger partial charge on any atom is 0.338 e. The van der Waals surface area contributed by atoms with Gasteiger partial charge in [0.25, 0.3) is 0 Å². The number of unbranched alkanes of at least 4 members (excludes halogenated alkanes) is 2. The third kappa shape index (κ3) is 4.60. The minimum atomic E-state index is -0.913. The first-order valence-electron chi connectivity index (χ1n) is 9.66. The molecule has 140 valence electrons. The zero-order valence-electron chi connectivity index (χ0n) is 15.3. The molecule has 0 heterocycles. The van der Waals surface area contributed by atoms with Crippen molar-refractivity contribution < 1.29 is 18.3 Å². The lowest BCUT2D eigenvalue weighted by Crippen LogP contribution is -2.24. The number of fused-ring (bicyclic) bond motifs is 1. The van der Waals surface area contributed by atoms with E-state index in [-0.39, 0.29) is 12.1 Å². The normalized spacial score (nSPS) is 20.3. The second kappa shape index (κ2) is 8.61. The van der Waals surface area contributed by atoms with Gasteiger partial charge in [-0.25, -0.2) is 13.6 Å². The Morgan fingerprint density at radius 1 is 1.00 bits per heavy atom. The SMILES string of the molecule is CCCCCC1CCC(OC(=O)c2ccc3cc(F)c(F)cc3c2)CC1. The van der Waals surface area contributed by atoms with Gasteiger partial charge in [-0.1, -0.05) is 38.7 Å². The summed E-state index contributed by atoms with van der Waals surface area (Å²) in [6.45, 7) is 2.22. The molecule has 1 aliphatic rings. The first-order chi connectivity index (χ1) is 12.6. The van der Waals surface area contributed by atoms with Gasteiger partial charge in [-0.15, -0.1) is 0 Å². The van der Waals surface area contributed by atoms with Gasteiger partial charge in [0, 0.05) is 0 Å². The van der Waals surface area contributed by atoms with E-state index in [9.17, 15) is 13.6 Å². The standard InChI is InChI=1S/C22H26F2O2/c1-2-3-4-5-15-6-10-19(11-7-15)26-22(25)17-9-8-16-13-20(23)21(24)14-18(16)12-17/h8-9,12-15,19H,2-7,10-11H2,1H3. The van der Waals surface area contributed by atoms with Gasteiger partial charge in [0.15, 0.2) is 11.6 Å². The molecule has 4 heteroatoms. The molecule has 0 amide bonds. The molecular formula is C22H26F2O2. The highest BCUT2D eigenvalue weighted by Gasteiger charge is 2.24. The minimum absolute atomic E-state index is 0.0365. The summed E-state index contributed by atoms with van der Waals surface area (Å²) in [5, 5.41) is 1.06. The summed E-state index contributed by atoms with van der Waals surface area (Å²) in [5.41, 5.74) is 0.383. The number of ether oxygens (including phenoxy) is 1. The second-order valence-corrected chi connectivity index (χ2v) is 7.37. The van der Waals surface area contributed by atoms with E-state index in [0.717, 1.165) is 43.7 Å². The lowest BCUT2D eigenvalue weighted by Gasteiger charge is -2.28. The third-order valence-electron chi connectivity index (χ3n) is 5.40. The van der Waals surface area contributed by atoms with Crippen molar-refractivity contribution in [1.29, 1.82) is 0 Å². The summed E-state index contributed by atoms with van der Waals surface area (Å²) >= 11 is 0. The van der Waals surface area contributed by atoms with Crippen molar-refractivity contribution in [2.24, 2.45) is 5.92 Å². The van der Waals surface area contributed by atoms with Crippen LogP contribution in [-0.2, 0) is 4.74 Å². The molecule has 26 heavy (non-hydrogen) atoms. The summed E-state index contributed by atoms with van der Waals surface area (Å²) in [6.07, 6.45) is 9.13. The van der Waals surface area contributed by atoms with Crippen LogP contribution in [0, 0.1) is 17.6 Å².